The van der Waals surface area contributed by atoms with Crippen LogP contribution in [0.2, 0.25) is 0 Å². The molecule has 2 amide bonds. The van der Waals surface area contributed by atoms with E-state index in [1.807, 2.05) is 18.2 Å². The summed E-state index contributed by atoms with van der Waals surface area (Å²) in [6.45, 7) is 0. The highest BCUT2D eigenvalue weighted by atomic mass is 16.5. The summed E-state index contributed by atoms with van der Waals surface area (Å²) in [4.78, 5) is 35.8. The fourth-order valence-corrected chi connectivity index (χ4v) is 2.68. The average Bonchev–Trinajstić information content (AvgIpc) is 2.60. The standard InChI is InChI=1S/C18H16N2O4/c1-24-18(23)11-6-8-12(9-7-11)19-17(22)14-10-16(21)20-15-5-3-2-4-13(14)15/h2-9,14H,10H2,1H3,(H,19,22)(H,20,21)/t14-/m1/s1. The molecule has 0 saturated heterocycles. The van der Waals surface area contributed by atoms with E-state index in [0.717, 1.165) is 5.56 Å². The first kappa shape index (κ1) is 15.7. The lowest BCUT2D eigenvalue weighted by Crippen LogP contribution is -2.30. The van der Waals surface area contributed by atoms with E-state index in [2.05, 4.69) is 15.4 Å². The van der Waals surface area contributed by atoms with Crippen LogP contribution in [-0.4, -0.2) is 24.9 Å². The highest BCUT2D eigenvalue weighted by Gasteiger charge is 2.30. The van der Waals surface area contributed by atoms with Crippen molar-refractivity contribution in [3.63, 3.8) is 0 Å². The summed E-state index contributed by atoms with van der Waals surface area (Å²) < 4.78 is 4.63. The van der Waals surface area contributed by atoms with Gasteiger partial charge >= 0.3 is 5.97 Å². The number of carbonyl (C=O) groups is 3. The SMILES string of the molecule is COC(=O)c1ccc(NC(=O)[C@@H]2CC(=O)Nc3ccccc32)cc1. The van der Waals surface area contributed by atoms with Crippen LogP contribution in [0.1, 0.15) is 28.3 Å². The van der Waals surface area contributed by atoms with Crippen LogP contribution in [0.25, 0.3) is 0 Å². The van der Waals surface area contributed by atoms with Crippen molar-refractivity contribution < 1.29 is 19.1 Å². The molecule has 1 heterocycles. The molecular weight excluding hydrogens is 308 g/mol. The van der Waals surface area contributed by atoms with Gasteiger partial charge in [0.15, 0.2) is 0 Å². The molecule has 0 unspecified atom stereocenters. The normalized spacial score (nSPS) is 15.9. The van der Waals surface area contributed by atoms with Crippen LogP contribution in [0.3, 0.4) is 0 Å². The van der Waals surface area contributed by atoms with E-state index < -0.39 is 11.9 Å². The fraction of sp³-hybridized carbons (Fsp3) is 0.167. The Hall–Kier alpha value is -3.15. The first-order chi connectivity index (χ1) is 11.6. The van der Waals surface area contributed by atoms with Crippen molar-refractivity contribution >= 4 is 29.2 Å². The molecule has 6 nitrogen and oxygen atoms in total. The number of esters is 1. The number of amides is 2. The molecule has 1 atom stereocenters. The Morgan fingerprint density at radius 2 is 1.83 bits per heavy atom. The molecule has 24 heavy (non-hydrogen) atoms. The van der Waals surface area contributed by atoms with E-state index in [9.17, 15) is 14.4 Å². The molecule has 3 rings (SSSR count). The molecule has 2 N–H and O–H groups in total. The number of hydrogen-bond acceptors (Lipinski definition) is 4. The second-order valence-electron chi connectivity index (χ2n) is 5.45. The maximum absolute atomic E-state index is 12.6. The van der Waals surface area contributed by atoms with Gasteiger partial charge in [-0.05, 0) is 35.9 Å². The molecule has 122 valence electrons. The summed E-state index contributed by atoms with van der Waals surface area (Å²) >= 11 is 0. The quantitative estimate of drug-likeness (QED) is 0.850. The van der Waals surface area contributed by atoms with E-state index in [1.165, 1.54) is 7.11 Å². The van der Waals surface area contributed by atoms with Crippen LogP contribution >= 0.6 is 0 Å². The third-order valence-corrected chi connectivity index (χ3v) is 3.89. The first-order valence-corrected chi connectivity index (χ1v) is 7.46. The molecule has 0 fully saturated rings. The molecule has 1 aliphatic rings. The summed E-state index contributed by atoms with van der Waals surface area (Å²) in [5.41, 5.74) is 2.41. The lowest BCUT2D eigenvalue weighted by Gasteiger charge is -2.24. The van der Waals surface area contributed by atoms with Gasteiger partial charge in [0.1, 0.15) is 0 Å². The number of fused-ring (bicyclic) bond motifs is 1. The Bertz CT molecular complexity index is 799. The molecule has 0 radical (unpaired) electrons. The molecule has 0 saturated carbocycles. The van der Waals surface area contributed by atoms with E-state index >= 15 is 0 Å². The topological polar surface area (TPSA) is 84.5 Å². The smallest absolute Gasteiger partial charge is 0.337 e. The van der Waals surface area contributed by atoms with Gasteiger partial charge in [0.25, 0.3) is 0 Å². The predicted molar refractivity (Wildman–Crippen MR) is 88.8 cm³/mol. The summed E-state index contributed by atoms with van der Waals surface area (Å²) in [5, 5.41) is 5.55. The Morgan fingerprint density at radius 3 is 2.54 bits per heavy atom. The second-order valence-corrected chi connectivity index (χ2v) is 5.45. The fourth-order valence-electron chi connectivity index (χ4n) is 2.68. The van der Waals surface area contributed by atoms with E-state index in [1.54, 1.807) is 30.3 Å². The number of para-hydroxylation sites is 1. The van der Waals surface area contributed by atoms with Crippen molar-refractivity contribution in [1.82, 2.24) is 0 Å². The van der Waals surface area contributed by atoms with Gasteiger partial charge in [-0.2, -0.15) is 0 Å². The lowest BCUT2D eigenvalue weighted by atomic mass is 9.90. The van der Waals surface area contributed by atoms with Gasteiger partial charge in [-0.25, -0.2) is 4.79 Å². The highest BCUT2D eigenvalue weighted by Crippen LogP contribution is 2.32. The zero-order valence-corrected chi connectivity index (χ0v) is 13.0. The third kappa shape index (κ3) is 3.12. The first-order valence-electron chi connectivity index (χ1n) is 7.46. The van der Waals surface area contributed by atoms with Gasteiger partial charge in [0.2, 0.25) is 11.8 Å². The monoisotopic (exact) mass is 324 g/mol. The number of ether oxygens (including phenoxy) is 1. The van der Waals surface area contributed by atoms with Crippen LogP contribution in [-0.2, 0) is 14.3 Å². The zero-order chi connectivity index (χ0) is 17.1. The van der Waals surface area contributed by atoms with Gasteiger partial charge in [0.05, 0.1) is 18.6 Å². The maximum atomic E-state index is 12.6. The molecule has 0 aliphatic carbocycles. The van der Waals surface area contributed by atoms with Crippen molar-refractivity contribution in [3.8, 4) is 0 Å². The number of benzene rings is 2. The number of hydrogen-bond donors (Lipinski definition) is 2. The summed E-state index contributed by atoms with van der Waals surface area (Å²) in [7, 11) is 1.31. The van der Waals surface area contributed by atoms with E-state index in [-0.39, 0.29) is 18.2 Å². The van der Waals surface area contributed by atoms with Gasteiger partial charge in [-0.3, -0.25) is 9.59 Å². The minimum atomic E-state index is -0.546. The van der Waals surface area contributed by atoms with Crippen molar-refractivity contribution in [1.29, 1.82) is 0 Å². The number of methoxy groups -OCH3 is 1. The molecule has 0 aromatic heterocycles. The van der Waals surface area contributed by atoms with Crippen LogP contribution in [0.15, 0.2) is 48.5 Å². The van der Waals surface area contributed by atoms with Crippen molar-refractivity contribution in [2.24, 2.45) is 0 Å². The van der Waals surface area contributed by atoms with Crippen LogP contribution < -0.4 is 10.6 Å². The van der Waals surface area contributed by atoms with Gasteiger partial charge in [-0.15, -0.1) is 0 Å². The minimum absolute atomic E-state index is 0.100. The van der Waals surface area contributed by atoms with Crippen molar-refractivity contribution in [3.05, 3.63) is 59.7 Å². The van der Waals surface area contributed by atoms with E-state index in [4.69, 9.17) is 0 Å². The van der Waals surface area contributed by atoms with Crippen LogP contribution in [0.4, 0.5) is 11.4 Å². The van der Waals surface area contributed by atoms with Gasteiger partial charge in [-0.1, -0.05) is 18.2 Å². The molecule has 0 spiro atoms. The molecule has 1 aliphatic heterocycles. The number of rotatable bonds is 3. The maximum Gasteiger partial charge on any atom is 0.337 e. The molecule has 2 aromatic rings. The summed E-state index contributed by atoms with van der Waals surface area (Å²) in [6.07, 6.45) is 0.100. The Labute approximate surface area is 138 Å². The van der Waals surface area contributed by atoms with Gasteiger partial charge in [0, 0.05) is 17.8 Å². The largest absolute Gasteiger partial charge is 0.465 e. The number of nitrogens with one attached hydrogen (secondary N) is 2. The minimum Gasteiger partial charge on any atom is -0.465 e. The third-order valence-electron chi connectivity index (χ3n) is 3.89. The molecule has 2 aromatic carbocycles. The predicted octanol–water partition coefficient (Wildman–Crippen LogP) is 2.54. The van der Waals surface area contributed by atoms with Gasteiger partial charge < -0.3 is 15.4 Å². The van der Waals surface area contributed by atoms with Crippen molar-refractivity contribution in [2.45, 2.75) is 12.3 Å². The number of carbonyl (C=O) groups excluding carboxylic acids is 3. The Kier molecular flexibility index (Phi) is 4.29. The van der Waals surface area contributed by atoms with Crippen LogP contribution in [0, 0.1) is 0 Å². The summed E-state index contributed by atoms with van der Waals surface area (Å²) in [5.74, 6) is -1.43. The number of anilines is 2. The average molecular weight is 324 g/mol. The van der Waals surface area contributed by atoms with Crippen molar-refractivity contribution in [2.75, 3.05) is 17.7 Å². The second kappa shape index (κ2) is 6.54. The highest BCUT2D eigenvalue weighted by molar-refractivity contribution is 6.05. The molecular formula is C18H16N2O4. The summed E-state index contributed by atoms with van der Waals surface area (Å²) in [6, 6.07) is 13.6. The Balaban J connectivity index is 1.78. The zero-order valence-electron chi connectivity index (χ0n) is 13.0. The molecule has 0 bridgehead atoms. The molecule has 6 heteroatoms. The van der Waals surface area contributed by atoms with E-state index in [0.29, 0.717) is 16.9 Å². The Morgan fingerprint density at radius 1 is 1.12 bits per heavy atom. The van der Waals surface area contributed by atoms with Crippen LogP contribution in [0.5, 0.6) is 0 Å². The lowest BCUT2D eigenvalue weighted by molar-refractivity contribution is -0.123.